The molecule has 4 rings (SSSR count). The molecule has 2 aliphatic rings. The van der Waals surface area contributed by atoms with Crippen molar-refractivity contribution in [2.24, 2.45) is 0 Å². The third kappa shape index (κ3) is 6.01. The van der Waals surface area contributed by atoms with Gasteiger partial charge < -0.3 is 20.4 Å². The molecule has 34 heavy (non-hydrogen) atoms. The van der Waals surface area contributed by atoms with Gasteiger partial charge in [-0.3, -0.25) is 19.2 Å². The smallest absolute Gasteiger partial charge is 0.253 e. The van der Waals surface area contributed by atoms with Crippen LogP contribution in [-0.4, -0.2) is 59.6 Å². The van der Waals surface area contributed by atoms with Gasteiger partial charge in [-0.1, -0.05) is 0 Å². The number of rotatable bonds is 7. The maximum atomic E-state index is 12.4. The van der Waals surface area contributed by atoms with Crippen molar-refractivity contribution in [3.8, 4) is 0 Å². The van der Waals surface area contributed by atoms with Crippen LogP contribution in [0.15, 0.2) is 48.5 Å². The molecular formula is C26H30N4O4. The molecule has 0 unspecified atom stereocenters. The van der Waals surface area contributed by atoms with Gasteiger partial charge in [-0.15, -0.1) is 0 Å². The lowest BCUT2D eigenvalue weighted by Gasteiger charge is -2.15. The third-order valence-corrected chi connectivity index (χ3v) is 6.20. The molecule has 2 aromatic carbocycles. The first-order valence-electron chi connectivity index (χ1n) is 11.9. The topological polar surface area (TPSA) is 98.8 Å². The summed E-state index contributed by atoms with van der Waals surface area (Å²) in [7, 11) is 0. The van der Waals surface area contributed by atoms with Gasteiger partial charge in [0.15, 0.2) is 0 Å². The van der Waals surface area contributed by atoms with E-state index in [1.807, 2.05) is 9.80 Å². The molecular weight excluding hydrogens is 432 g/mol. The highest BCUT2D eigenvalue weighted by molar-refractivity contribution is 5.99. The van der Waals surface area contributed by atoms with Gasteiger partial charge in [-0.05, 0) is 74.2 Å². The predicted octanol–water partition coefficient (Wildman–Crippen LogP) is 3.52. The average molecular weight is 463 g/mol. The quantitative estimate of drug-likeness (QED) is 0.658. The first kappa shape index (κ1) is 23.5. The summed E-state index contributed by atoms with van der Waals surface area (Å²) in [5.41, 5.74) is 2.38. The number of hydrogen-bond acceptors (Lipinski definition) is 4. The maximum absolute atomic E-state index is 12.4. The summed E-state index contributed by atoms with van der Waals surface area (Å²) in [6, 6.07) is 13.6. The molecule has 0 atom stereocenters. The van der Waals surface area contributed by atoms with Gasteiger partial charge in [-0.25, -0.2) is 0 Å². The van der Waals surface area contributed by atoms with Crippen LogP contribution in [0.2, 0.25) is 0 Å². The number of benzene rings is 2. The molecule has 0 bridgehead atoms. The third-order valence-electron chi connectivity index (χ3n) is 6.20. The summed E-state index contributed by atoms with van der Waals surface area (Å²) >= 11 is 0. The SMILES string of the molecule is O=C(CCC(=O)Nc1ccc(C(=O)N2CCCC2)cc1)Nc1ccc(C(=O)N2CCCC2)cc1. The summed E-state index contributed by atoms with van der Waals surface area (Å²) in [6.07, 6.45) is 4.22. The van der Waals surface area contributed by atoms with Gasteiger partial charge in [0.2, 0.25) is 11.8 Å². The van der Waals surface area contributed by atoms with Crippen molar-refractivity contribution in [1.82, 2.24) is 9.80 Å². The Morgan fingerprint density at radius 1 is 0.559 bits per heavy atom. The highest BCUT2D eigenvalue weighted by atomic mass is 16.2. The molecule has 178 valence electrons. The number of amides is 4. The second-order valence-electron chi connectivity index (χ2n) is 8.75. The largest absolute Gasteiger partial charge is 0.339 e. The van der Waals surface area contributed by atoms with Crippen LogP contribution >= 0.6 is 0 Å². The zero-order valence-corrected chi connectivity index (χ0v) is 19.2. The second kappa shape index (κ2) is 11.0. The molecule has 2 N–H and O–H groups in total. The van der Waals surface area contributed by atoms with Crippen LogP contribution in [0.4, 0.5) is 11.4 Å². The average Bonchev–Trinajstić information content (AvgIpc) is 3.58. The molecule has 0 aromatic heterocycles. The van der Waals surface area contributed by atoms with E-state index >= 15 is 0 Å². The van der Waals surface area contributed by atoms with E-state index in [9.17, 15) is 19.2 Å². The van der Waals surface area contributed by atoms with Crippen LogP contribution in [0, 0.1) is 0 Å². The van der Waals surface area contributed by atoms with E-state index in [-0.39, 0.29) is 36.5 Å². The molecule has 2 fully saturated rings. The van der Waals surface area contributed by atoms with Crippen LogP contribution in [-0.2, 0) is 9.59 Å². The van der Waals surface area contributed by atoms with E-state index in [0.717, 1.165) is 51.9 Å². The number of carbonyl (C=O) groups is 4. The van der Waals surface area contributed by atoms with Crippen molar-refractivity contribution < 1.29 is 19.2 Å². The van der Waals surface area contributed by atoms with Gasteiger partial charge in [0, 0.05) is 61.5 Å². The molecule has 0 spiro atoms. The van der Waals surface area contributed by atoms with E-state index in [1.165, 1.54) is 0 Å². The molecule has 0 saturated carbocycles. The number of nitrogens with zero attached hydrogens (tertiary/aromatic N) is 2. The molecule has 8 nitrogen and oxygen atoms in total. The Labute approximate surface area is 199 Å². The summed E-state index contributed by atoms with van der Waals surface area (Å²) in [4.78, 5) is 52.9. The Kier molecular flexibility index (Phi) is 7.57. The number of anilines is 2. The summed E-state index contributed by atoms with van der Waals surface area (Å²) in [6.45, 7) is 3.17. The molecule has 2 aromatic rings. The van der Waals surface area contributed by atoms with Crippen LogP contribution in [0.1, 0.15) is 59.2 Å². The first-order chi connectivity index (χ1) is 16.5. The molecule has 2 heterocycles. The number of hydrogen-bond donors (Lipinski definition) is 2. The van der Waals surface area contributed by atoms with Gasteiger partial charge in [-0.2, -0.15) is 0 Å². The second-order valence-corrected chi connectivity index (χ2v) is 8.75. The van der Waals surface area contributed by atoms with Crippen molar-refractivity contribution in [3.05, 3.63) is 59.7 Å². The zero-order valence-electron chi connectivity index (χ0n) is 19.2. The van der Waals surface area contributed by atoms with Crippen LogP contribution < -0.4 is 10.6 Å². The molecule has 4 amide bonds. The highest BCUT2D eigenvalue weighted by Gasteiger charge is 2.20. The normalized spacial score (nSPS) is 15.3. The Hall–Kier alpha value is -3.68. The van der Waals surface area contributed by atoms with Crippen molar-refractivity contribution >= 4 is 35.0 Å². The standard InChI is InChI=1S/C26H30N4O4/c31-23(27-21-9-5-19(6-10-21)25(33)29-15-1-2-16-29)13-14-24(32)28-22-11-7-20(8-12-22)26(34)30-17-3-4-18-30/h5-12H,1-4,13-18H2,(H,27,31)(H,28,32). The van der Waals surface area contributed by atoms with Crippen molar-refractivity contribution in [2.45, 2.75) is 38.5 Å². The lowest BCUT2D eigenvalue weighted by molar-refractivity contribution is -0.121. The maximum Gasteiger partial charge on any atom is 0.253 e. The Morgan fingerprint density at radius 3 is 1.21 bits per heavy atom. The summed E-state index contributed by atoms with van der Waals surface area (Å²) in [5, 5.41) is 5.51. The van der Waals surface area contributed by atoms with E-state index < -0.39 is 0 Å². The van der Waals surface area contributed by atoms with E-state index in [4.69, 9.17) is 0 Å². The van der Waals surface area contributed by atoms with Crippen molar-refractivity contribution in [1.29, 1.82) is 0 Å². The minimum absolute atomic E-state index is 0.0143. The Balaban J connectivity index is 1.20. The van der Waals surface area contributed by atoms with Gasteiger partial charge in [0.1, 0.15) is 0 Å². The summed E-state index contributed by atoms with van der Waals surface area (Å²) < 4.78 is 0. The number of nitrogens with one attached hydrogen (secondary N) is 2. The van der Waals surface area contributed by atoms with E-state index in [2.05, 4.69) is 10.6 Å². The highest BCUT2D eigenvalue weighted by Crippen LogP contribution is 2.17. The van der Waals surface area contributed by atoms with Gasteiger partial charge in [0.05, 0.1) is 0 Å². The Bertz CT molecular complexity index is 952. The zero-order chi connectivity index (χ0) is 23.9. The fourth-order valence-electron chi connectivity index (χ4n) is 4.27. The molecule has 0 aliphatic carbocycles. The van der Waals surface area contributed by atoms with Crippen LogP contribution in [0.5, 0.6) is 0 Å². The van der Waals surface area contributed by atoms with E-state index in [0.29, 0.717) is 22.5 Å². The predicted molar refractivity (Wildman–Crippen MR) is 130 cm³/mol. The molecule has 2 aliphatic heterocycles. The van der Waals surface area contributed by atoms with Crippen molar-refractivity contribution in [2.75, 3.05) is 36.8 Å². The lowest BCUT2D eigenvalue weighted by Crippen LogP contribution is -2.27. The lowest BCUT2D eigenvalue weighted by atomic mass is 10.1. The van der Waals surface area contributed by atoms with Crippen molar-refractivity contribution in [3.63, 3.8) is 0 Å². The molecule has 8 heteroatoms. The fraction of sp³-hybridized carbons (Fsp3) is 0.385. The summed E-state index contributed by atoms with van der Waals surface area (Å²) in [5.74, 6) is -0.526. The van der Waals surface area contributed by atoms with Gasteiger partial charge in [0.25, 0.3) is 11.8 Å². The number of likely N-dealkylation sites (tertiary alicyclic amines) is 2. The van der Waals surface area contributed by atoms with E-state index in [1.54, 1.807) is 48.5 Å². The minimum atomic E-state index is -0.277. The fourth-order valence-corrected chi connectivity index (χ4v) is 4.27. The van der Waals surface area contributed by atoms with Gasteiger partial charge >= 0.3 is 0 Å². The first-order valence-corrected chi connectivity index (χ1v) is 11.9. The van der Waals surface area contributed by atoms with Crippen LogP contribution in [0.25, 0.3) is 0 Å². The minimum Gasteiger partial charge on any atom is -0.339 e. The number of carbonyl (C=O) groups excluding carboxylic acids is 4. The molecule has 2 saturated heterocycles. The Morgan fingerprint density at radius 2 is 0.882 bits per heavy atom. The van der Waals surface area contributed by atoms with Crippen LogP contribution in [0.3, 0.4) is 0 Å². The monoisotopic (exact) mass is 462 g/mol. The molecule has 0 radical (unpaired) electrons.